The van der Waals surface area contributed by atoms with E-state index in [1.807, 2.05) is 6.07 Å². The summed E-state index contributed by atoms with van der Waals surface area (Å²) >= 11 is 15.4. The molecule has 0 bridgehead atoms. The SMILES string of the molecule is CC1CCN(c2ncc(Cl)cc2Br)C1CCl. The molecule has 0 spiro atoms. The minimum absolute atomic E-state index is 0.367. The molecule has 0 saturated carbocycles. The quantitative estimate of drug-likeness (QED) is 0.766. The van der Waals surface area contributed by atoms with Crippen LogP contribution >= 0.6 is 39.1 Å². The maximum absolute atomic E-state index is 6.02. The van der Waals surface area contributed by atoms with Crippen LogP contribution in [-0.4, -0.2) is 23.5 Å². The first kappa shape index (κ1) is 12.5. The van der Waals surface area contributed by atoms with E-state index in [1.165, 1.54) is 0 Å². The molecule has 2 nitrogen and oxygen atoms in total. The Labute approximate surface area is 114 Å². The van der Waals surface area contributed by atoms with Gasteiger partial charge in [-0.05, 0) is 34.3 Å². The highest BCUT2D eigenvalue weighted by Gasteiger charge is 2.32. The van der Waals surface area contributed by atoms with Crippen LogP contribution in [0.1, 0.15) is 13.3 Å². The van der Waals surface area contributed by atoms with Gasteiger partial charge in [-0.1, -0.05) is 18.5 Å². The second-order valence-electron chi connectivity index (χ2n) is 4.14. The second kappa shape index (κ2) is 5.11. The van der Waals surface area contributed by atoms with E-state index in [0.29, 0.717) is 22.9 Å². The summed E-state index contributed by atoms with van der Waals surface area (Å²) in [6.07, 6.45) is 2.84. The first-order valence-electron chi connectivity index (χ1n) is 5.27. The van der Waals surface area contributed by atoms with E-state index in [1.54, 1.807) is 6.20 Å². The molecule has 0 aromatic carbocycles. The summed E-state index contributed by atoms with van der Waals surface area (Å²) in [5, 5.41) is 0.644. The number of nitrogens with zero attached hydrogens (tertiary/aromatic N) is 2. The van der Waals surface area contributed by atoms with E-state index in [9.17, 15) is 0 Å². The topological polar surface area (TPSA) is 16.1 Å². The average molecular weight is 324 g/mol. The number of aromatic nitrogens is 1. The fourth-order valence-electron chi connectivity index (χ4n) is 2.13. The number of halogens is 3. The molecule has 2 heterocycles. The molecule has 1 aliphatic heterocycles. The molecular weight excluding hydrogens is 311 g/mol. The van der Waals surface area contributed by atoms with Gasteiger partial charge in [0.25, 0.3) is 0 Å². The van der Waals surface area contributed by atoms with Crippen LogP contribution in [0.5, 0.6) is 0 Å². The zero-order valence-corrected chi connectivity index (χ0v) is 12.1. The summed E-state index contributed by atoms with van der Waals surface area (Å²) in [6.45, 7) is 3.24. The van der Waals surface area contributed by atoms with Crippen molar-refractivity contribution < 1.29 is 0 Å². The van der Waals surface area contributed by atoms with Crippen LogP contribution in [0.4, 0.5) is 5.82 Å². The summed E-state index contributed by atoms with van der Waals surface area (Å²) in [6, 6.07) is 2.24. The molecule has 16 heavy (non-hydrogen) atoms. The van der Waals surface area contributed by atoms with Gasteiger partial charge in [0.15, 0.2) is 0 Å². The molecule has 0 N–H and O–H groups in total. The largest absolute Gasteiger partial charge is 0.351 e. The van der Waals surface area contributed by atoms with Crippen molar-refractivity contribution in [2.45, 2.75) is 19.4 Å². The van der Waals surface area contributed by atoms with Gasteiger partial charge in [-0.25, -0.2) is 4.98 Å². The summed E-state index contributed by atoms with van der Waals surface area (Å²) in [7, 11) is 0. The van der Waals surface area contributed by atoms with E-state index in [4.69, 9.17) is 23.2 Å². The van der Waals surface area contributed by atoms with Gasteiger partial charge in [0.05, 0.1) is 9.50 Å². The fraction of sp³-hybridized carbons (Fsp3) is 0.545. The molecule has 88 valence electrons. The number of pyridine rings is 1. The van der Waals surface area contributed by atoms with Crippen LogP contribution in [0, 0.1) is 5.92 Å². The summed E-state index contributed by atoms with van der Waals surface area (Å²) in [5.74, 6) is 2.19. The maximum Gasteiger partial charge on any atom is 0.143 e. The number of hydrogen-bond donors (Lipinski definition) is 0. The first-order chi connectivity index (χ1) is 7.63. The third-order valence-electron chi connectivity index (χ3n) is 3.10. The predicted molar refractivity (Wildman–Crippen MR) is 72.6 cm³/mol. The highest BCUT2D eigenvalue weighted by Crippen LogP contribution is 2.34. The predicted octanol–water partition coefficient (Wildman–Crippen LogP) is 3.95. The van der Waals surface area contributed by atoms with Crippen molar-refractivity contribution in [1.82, 2.24) is 4.98 Å². The van der Waals surface area contributed by atoms with Gasteiger partial charge in [-0.3, -0.25) is 0 Å². The van der Waals surface area contributed by atoms with E-state index >= 15 is 0 Å². The Bertz CT molecular complexity index is 386. The van der Waals surface area contributed by atoms with Gasteiger partial charge in [-0.2, -0.15) is 0 Å². The fourth-order valence-corrected chi connectivity index (χ4v) is 3.46. The normalized spacial score (nSPS) is 25.1. The van der Waals surface area contributed by atoms with E-state index < -0.39 is 0 Å². The van der Waals surface area contributed by atoms with Crippen molar-refractivity contribution in [3.63, 3.8) is 0 Å². The van der Waals surface area contributed by atoms with Crippen molar-refractivity contribution in [3.8, 4) is 0 Å². The lowest BCUT2D eigenvalue weighted by atomic mass is 10.1. The highest BCUT2D eigenvalue weighted by molar-refractivity contribution is 9.10. The third-order valence-corrected chi connectivity index (χ3v) is 4.21. The minimum atomic E-state index is 0.367. The molecule has 0 amide bonds. The molecule has 2 unspecified atom stereocenters. The lowest BCUT2D eigenvalue weighted by Gasteiger charge is -2.26. The van der Waals surface area contributed by atoms with Crippen molar-refractivity contribution in [2.24, 2.45) is 5.92 Å². The van der Waals surface area contributed by atoms with Gasteiger partial charge in [0, 0.05) is 24.7 Å². The number of anilines is 1. The van der Waals surface area contributed by atoms with Crippen LogP contribution in [0.15, 0.2) is 16.7 Å². The molecule has 5 heteroatoms. The molecule has 1 aromatic heterocycles. The molecule has 1 aliphatic rings. The van der Waals surface area contributed by atoms with Gasteiger partial charge in [0.1, 0.15) is 5.82 Å². The molecular formula is C11H13BrCl2N2. The van der Waals surface area contributed by atoms with Crippen LogP contribution in [0.25, 0.3) is 0 Å². The third kappa shape index (κ3) is 2.31. The zero-order chi connectivity index (χ0) is 11.7. The van der Waals surface area contributed by atoms with Crippen molar-refractivity contribution in [1.29, 1.82) is 0 Å². The van der Waals surface area contributed by atoms with Crippen LogP contribution in [0.2, 0.25) is 5.02 Å². The zero-order valence-electron chi connectivity index (χ0n) is 8.96. The average Bonchev–Trinajstić information content (AvgIpc) is 2.59. The van der Waals surface area contributed by atoms with E-state index in [2.05, 4.69) is 32.7 Å². The molecule has 0 radical (unpaired) electrons. The Kier molecular flexibility index (Phi) is 3.98. The van der Waals surface area contributed by atoms with E-state index in [-0.39, 0.29) is 0 Å². The lowest BCUT2D eigenvalue weighted by Crippen LogP contribution is -2.34. The second-order valence-corrected chi connectivity index (χ2v) is 5.74. The van der Waals surface area contributed by atoms with Crippen LogP contribution in [0.3, 0.4) is 0 Å². The van der Waals surface area contributed by atoms with E-state index in [0.717, 1.165) is 23.3 Å². The standard InChI is InChI=1S/C11H13BrCl2N2/c1-7-2-3-16(10(7)5-13)11-9(12)4-8(14)6-15-11/h4,6-7,10H,2-3,5H2,1H3. The molecule has 1 saturated heterocycles. The minimum Gasteiger partial charge on any atom is -0.351 e. The first-order valence-corrected chi connectivity index (χ1v) is 6.97. The van der Waals surface area contributed by atoms with Crippen molar-refractivity contribution in [3.05, 3.63) is 21.8 Å². The number of alkyl halides is 1. The van der Waals surface area contributed by atoms with Gasteiger partial charge < -0.3 is 4.90 Å². The Morgan fingerprint density at radius 3 is 3.00 bits per heavy atom. The van der Waals surface area contributed by atoms with Gasteiger partial charge >= 0.3 is 0 Å². The molecule has 2 rings (SSSR count). The Morgan fingerprint density at radius 1 is 1.62 bits per heavy atom. The molecule has 2 atom stereocenters. The number of rotatable bonds is 2. The van der Waals surface area contributed by atoms with Gasteiger partial charge in [-0.15, -0.1) is 11.6 Å². The highest BCUT2D eigenvalue weighted by atomic mass is 79.9. The smallest absolute Gasteiger partial charge is 0.143 e. The van der Waals surface area contributed by atoms with Crippen molar-refractivity contribution >= 4 is 44.9 Å². The number of hydrogen-bond acceptors (Lipinski definition) is 2. The Balaban J connectivity index is 2.30. The summed E-state index contributed by atoms with van der Waals surface area (Å²) < 4.78 is 0.934. The van der Waals surface area contributed by atoms with Crippen molar-refractivity contribution in [2.75, 3.05) is 17.3 Å². The van der Waals surface area contributed by atoms with Crippen LogP contribution < -0.4 is 4.90 Å². The Morgan fingerprint density at radius 2 is 2.38 bits per heavy atom. The van der Waals surface area contributed by atoms with Crippen LogP contribution in [-0.2, 0) is 0 Å². The molecule has 1 fully saturated rings. The molecule has 0 aliphatic carbocycles. The summed E-state index contributed by atoms with van der Waals surface area (Å²) in [4.78, 5) is 6.64. The Hall–Kier alpha value is 0.01000. The maximum atomic E-state index is 6.02. The lowest BCUT2D eigenvalue weighted by molar-refractivity contribution is 0.548. The molecule has 1 aromatic rings. The monoisotopic (exact) mass is 322 g/mol. The van der Waals surface area contributed by atoms with Gasteiger partial charge in [0.2, 0.25) is 0 Å². The summed E-state index contributed by atoms with van der Waals surface area (Å²) in [5.41, 5.74) is 0.